The number of hydrogen-bond donors (Lipinski definition) is 2. The van der Waals surface area contributed by atoms with Gasteiger partial charge in [-0.05, 0) is 36.8 Å². The van der Waals surface area contributed by atoms with E-state index in [0.29, 0.717) is 24.0 Å². The minimum atomic E-state index is 0.483. The third-order valence-electron chi connectivity index (χ3n) is 6.00. The summed E-state index contributed by atoms with van der Waals surface area (Å²) in [6.45, 7) is 7.73. The van der Waals surface area contributed by atoms with Crippen LogP contribution in [-0.2, 0) is 6.42 Å². The van der Waals surface area contributed by atoms with Gasteiger partial charge in [0, 0.05) is 55.4 Å². The second kappa shape index (κ2) is 9.64. The molecule has 2 N–H and O–H groups in total. The Morgan fingerprint density at radius 1 is 1.03 bits per heavy atom. The summed E-state index contributed by atoms with van der Waals surface area (Å²) in [4.78, 5) is 14.6. The van der Waals surface area contributed by atoms with E-state index in [1.165, 1.54) is 12.0 Å². The second-order valence-corrected chi connectivity index (χ2v) is 8.14. The number of piperazine rings is 1. The van der Waals surface area contributed by atoms with Gasteiger partial charge in [-0.15, -0.1) is 0 Å². The van der Waals surface area contributed by atoms with Crippen LogP contribution < -0.4 is 19.5 Å². The Labute approximate surface area is 192 Å². The average molecular weight is 448 g/mol. The first kappa shape index (κ1) is 21.5. The van der Waals surface area contributed by atoms with E-state index in [1.807, 2.05) is 30.3 Å². The highest BCUT2D eigenvalue weighted by Gasteiger charge is 2.15. The maximum absolute atomic E-state index is 6.17. The van der Waals surface area contributed by atoms with Crippen molar-refractivity contribution in [3.8, 4) is 23.1 Å². The minimum absolute atomic E-state index is 0.483. The van der Waals surface area contributed by atoms with Crippen LogP contribution in [0.1, 0.15) is 12.6 Å². The highest BCUT2D eigenvalue weighted by molar-refractivity contribution is 5.87. The van der Waals surface area contributed by atoms with E-state index in [2.05, 4.69) is 38.2 Å². The second-order valence-electron chi connectivity index (χ2n) is 8.14. The standard InChI is InChI=1S/C25H29N5O3/c1-3-18-12-17-13-19(4-5-21(17)29-18)33-25-20-14-23(31-2)24(15-22(20)27-16-28-25)32-11-10-30-8-6-26-7-9-30/h4-5,12-16,26,29H,3,6-11H2,1-2H3. The largest absolute Gasteiger partial charge is 0.493 e. The van der Waals surface area contributed by atoms with Crippen molar-refractivity contribution >= 4 is 21.8 Å². The van der Waals surface area contributed by atoms with Crippen molar-refractivity contribution < 1.29 is 14.2 Å². The molecule has 0 bridgehead atoms. The van der Waals surface area contributed by atoms with Gasteiger partial charge in [0.1, 0.15) is 18.7 Å². The Morgan fingerprint density at radius 3 is 2.73 bits per heavy atom. The van der Waals surface area contributed by atoms with Crippen molar-refractivity contribution in [2.75, 3.05) is 46.4 Å². The molecular weight excluding hydrogens is 418 g/mol. The first-order chi connectivity index (χ1) is 16.2. The minimum Gasteiger partial charge on any atom is -0.493 e. The summed E-state index contributed by atoms with van der Waals surface area (Å²) in [7, 11) is 1.64. The summed E-state index contributed by atoms with van der Waals surface area (Å²) in [5, 5.41) is 5.25. The fraction of sp³-hybridized carbons (Fsp3) is 0.360. The molecule has 0 aliphatic carbocycles. The summed E-state index contributed by atoms with van der Waals surface area (Å²) in [5.74, 6) is 2.51. The van der Waals surface area contributed by atoms with Gasteiger partial charge >= 0.3 is 0 Å². The van der Waals surface area contributed by atoms with Crippen LogP contribution in [0.2, 0.25) is 0 Å². The zero-order chi connectivity index (χ0) is 22.6. The third kappa shape index (κ3) is 4.72. The molecule has 0 unspecified atom stereocenters. The Hall–Kier alpha value is -3.36. The molecule has 2 aromatic carbocycles. The number of ether oxygens (including phenoxy) is 3. The Bertz CT molecular complexity index is 1250. The molecule has 0 amide bonds. The van der Waals surface area contributed by atoms with Gasteiger partial charge in [-0.25, -0.2) is 9.97 Å². The number of nitrogens with zero attached hydrogens (tertiary/aromatic N) is 3. The fourth-order valence-corrected chi connectivity index (χ4v) is 4.15. The number of aromatic nitrogens is 3. The SMILES string of the molecule is CCc1cc2cc(Oc3ncnc4cc(OCCN5CCNCC5)c(OC)cc34)ccc2[nH]1. The van der Waals surface area contributed by atoms with Gasteiger partial charge in [-0.1, -0.05) is 6.92 Å². The quantitative estimate of drug-likeness (QED) is 0.425. The number of rotatable bonds is 8. The number of aryl methyl sites for hydroxylation is 1. The predicted octanol–water partition coefficient (Wildman–Crippen LogP) is 3.76. The smallest absolute Gasteiger partial charge is 0.230 e. The molecule has 5 rings (SSSR count). The summed E-state index contributed by atoms with van der Waals surface area (Å²) in [5.41, 5.74) is 3.04. The molecule has 8 heteroatoms. The van der Waals surface area contributed by atoms with Crippen LogP contribution in [0.15, 0.2) is 42.7 Å². The maximum Gasteiger partial charge on any atom is 0.230 e. The van der Waals surface area contributed by atoms with E-state index >= 15 is 0 Å². The number of methoxy groups -OCH3 is 1. The lowest BCUT2D eigenvalue weighted by Gasteiger charge is -2.27. The monoisotopic (exact) mass is 447 g/mol. The third-order valence-corrected chi connectivity index (χ3v) is 6.00. The predicted molar refractivity (Wildman–Crippen MR) is 129 cm³/mol. The van der Waals surface area contributed by atoms with Crippen LogP contribution in [-0.4, -0.2) is 66.3 Å². The van der Waals surface area contributed by atoms with E-state index in [1.54, 1.807) is 7.11 Å². The summed E-state index contributed by atoms with van der Waals surface area (Å²) < 4.78 is 17.8. The van der Waals surface area contributed by atoms with E-state index in [9.17, 15) is 0 Å². The summed E-state index contributed by atoms with van der Waals surface area (Å²) in [6.07, 6.45) is 2.47. The van der Waals surface area contributed by atoms with Gasteiger partial charge in [-0.3, -0.25) is 4.90 Å². The Kier molecular flexibility index (Phi) is 6.28. The summed E-state index contributed by atoms with van der Waals surface area (Å²) in [6, 6.07) is 11.9. The number of H-pyrrole nitrogens is 1. The Morgan fingerprint density at radius 2 is 1.91 bits per heavy atom. The lowest BCUT2D eigenvalue weighted by atomic mass is 10.2. The average Bonchev–Trinajstić information content (AvgIpc) is 3.27. The van der Waals surface area contributed by atoms with E-state index in [0.717, 1.165) is 66.7 Å². The normalized spacial score (nSPS) is 14.6. The molecule has 8 nitrogen and oxygen atoms in total. The molecule has 4 aromatic rings. The highest BCUT2D eigenvalue weighted by Crippen LogP contribution is 2.36. The molecule has 1 fully saturated rings. The molecule has 0 radical (unpaired) electrons. The molecule has 0 spiro atoms. The molecule has 1 saturated heterocycles. The van der Waals surface area contributed by atoms with Crippen molar-refractivity contribution in [2.24, 2.45) is 0 Å². The Balaban J connectivity index is 1.37. The maximum atomic E-state index is 6.17. The van der Waals surface area contributed by atoms with Gasteiger partial charge in [0.25, 0.3) is 0 Å². The first-order valence-electron chi connectivity index (χ1n) is 11.4. The molecule has 172 valence electrons. The highest BCUT2D eigenvalue weighted by atomic mass is 16.5. The van der Waals surface area contributed by atoms with Gasteiger partial charge in [0.05, 0.1) is 18.0 Å². The van der Waals surface area contributed by atoms with Crippen molar-refractivity contribution in [3.05, 3.63) is 48.4 Å². The molecule has 0 atom stereocenters. The molecule has 1 aliphatic heterocycles. The van der Waals surface area contributed by atoms with Crippen LogP contribution in [0.4, 0.5) is 0 Å². The molecular formula is C25H29N5O3. The van der Waals surface area contributed by atoms with Crippen molar-refractivity contribution in [1.29, 1.82) is 0 Å². The van der Waals surface area contributed by atoms with Crippen molar-refractivity contribution in [2.45, 2.75) is 13.3 Å². The van der Waals surface area contributed by atoms with Gasteiger partial charge in [0.15, 0.2) is 11.5 Å². The van der Waals surface area contributed by atoms with E-state index in [4.69, 9.17) is 14.2 Å². The zero-order valence-electron chi connectivity index (χ0n) is 19.1. The van der Waals surface area contributed by atoms with Crippen LogP contribution in [0.5, 0.6) is 23.1 Å². The van der Waals surface area contributed by atoms with Gasteiger partial charge in [0.2, 0.25) is 5.88 Å². The van der Waals surface area contributed by atoms with E-state index in [-0.39, 0.29) is 0 Å². The van der Waals surface area contributed by atoms with E-state index < -0.39 is 0 Å². The van der Waals surface area contributed by atoms with Crippen LogP contribution >= 0.6 is 0 Å². The number of fused-ring (bicyclic) bond motifs is 2. The molecule has 33 heavy (non-hydrogen) atoms. The first-order valence-corrected chi connectivity index (χ1v) is 11.4. The molecule has 3 heterocycles. The molecule has 1 aliphatic rings. The van der Waals surface area contributed by atoms with Crippen LogP contribution in [0.25, 0.3) is 21.8 Å². The summed E-state index contributed by atoms with van der Waals surface area (Å²) >= 11 is 0. The number of hydrogen-bond acceptors (Lipinski definition) is 7. The lowest BCUT2D eigenvalue weighted by molar-refractivity contribution is 0.188. The number of benzene rings is 2. The van der Waals surface area contributed by atoms with Crippen molar-refractivity contribution in [3.63, 3.8) is 0 Å². The van der Waals surface area contributed by atoms with Gasteiger partial charge in [-0.2, -0.15) is 0 Å². The zero-order valence-corrected chi connectivity index (χ0v) is 19.1. The topological polar surface area (TPSA) is 84.5 Å². The van der Waals surface area contributed by atoms with Crippen LogP contribution in [0.3, 0.4) is 0 Å². The molecule has 2 aromatic heterocycles. The molecule has 0 saturated carbocycles. The number of nitrogens with one attached hydrogen (secondary N) is 2. The number of aromatic amines is 1. The van der Waals surface area contributed by atoms with Gasteiger partial charge < -0.3 is 24.5 Å². The fourth-order valence-electron chi connectivity index (χ4n) is 4.15. The van der Waals surface area contributed by atoms with Crippen LogP contribution in [0, 0.1) is 0 Å². The van der Waals surface area contributed by atoms with Crippen molar-refractivity contribution in [1.82, 2.24) is 25.2 Å². The lowest BCUT2D eigenvalue weighted by Crippen LogP contribution is -2.44.